The third-order valence-electron chi connectivity index (χ3n) is 1.41. The first-order valence-corrected chi connectivity index (χ1v) is 5.76. The molecule has 1 aromatic rings. The standard InChI is InChI=1S/C9H10.C4H10.C2H6/c1-3-9-7-5-4-6-8(9)2;1-4(2)3;1-2/h3-7H,1H2,2H3;4H,1-3H3;1-2H3. The summed E-state index contributed by atoms with van der Waals surface area (Å²) in [6.45, 7) is 16.3. The molecule has 15 heavy (non-hydrogen) atoms. The highest BCUT2D eigenvalue weighted by atomic mass is 13.9. The van der Waals surface area contributed by atoms with Crippen molar-refractivity contribution in [2.24, 2.45) is 5.92 Å². The first kappa shape index (κ1) is 16.4. The lowest BCUT2D eigenvalue weighted by atomic mass is 10.1. The zero-order chi connectivity index (χ0) is 12.3. The Bertz CT molecular complexity index is 243. The third-order valence-corrected chi connectivity index (χ3v) is 1.41. The van der Waals surface area contributed by atoms with Crippen molar-refractivity contribution >= 4 is 6.08 Å². The van der Waals surface area contributed by atoms with Gasteiger partial charge in [0.15, 0.2) is 0 Å². The monoisotopic (exact) mass is 206 g/mol. The van der Waals surface area contributed by atoms with E-state index < -0.39 is 0 Å². The van der Waals surface area contributed by atoms with E-state index in [4.69, 9.17) is 0 Å². The van der Waals surface area contributed by atoms with E-state index >= 15 is 0 Å². The molecular weight excluding hydrogens is 180 g/mol. The summed E-state index contributed by atoms with van der Waals surface area (Å²) in [6, 6.07) is 8.19. The molecule has 0 saturated heterocycles. The number of hydrogen-bond acceptors (Lipinski definition) is 0. The van der Waals surface area contributed by atoms with Crippen LogP contribution in [-0.2, 0) is 0 Å². The summed E-state index contributed by atoms with van der Waals surface area (Å²) in [6.07, 6.45) is 1.87. The molecule has 0 bridgehead atoms. The predicted octanol–water partition coefficient (Wildman–Crippen LogP) is 5.33. The Kier molecular flexibility index (Phi) is 12.1. The van der Waals surface area contributed by atoms with Crippen molar-refractivity contribution < 1.29 is 0 Å². The van der Waals surface area contributed by atoms with E-state index in [1.54, 1.807) is 0 Å². The molecule has 0 aromatic heterocycles. The zero-order valence-corrected chi connectivity index (χ0v) is 11.2. The zero-order valence-electron chi connectivity index (χ0n) is 11.2. The van der Waals surface area contributed by atoms with Gasteiger partial charge in [-0.2, -0.15) is 0 Å². The number of aryl methyl sites for hydroxylation is 1. The van der Waals surface area contributed by atoms with Crippen LogP contribution in [0.2, 0.25) is 0 Å². The maximum atomic E-state index is 3.69. The van der Waals surface area contributed by atoms with Crippen molar-refractivity contribution in [2.75, 3.05) is 0 Å². The van der Waals surface area contributed by atoms with Crippen LogP contribution in [0.25, 0.3) is 6.08 Å². The lowest BCUT2D eigenvalue weighted by molar-refractivity contribution is 0.737. The van der Waals surface area contributed by atoms with Gasteiger partial charge < -0.3 is 0 Å². The number of benzene rings is 1. The lowest BCUT2D eigenvalue weighted by Gasteiger charge is -1.95. The van der Waals surface area contributed by atoms with Crippen LogP contribution < -0.4 is 0 Å². The summed E-state index contributed by atoms with van der Waals surface area (Å²) in [5, 5.41) is 0. The van der Waals surface area contributed by atoms with Crippen LogP contribution in [0.4, 0.5) is 0 Å². The van der Waals surface area contributed by atoms with E-state index in [1.807, 2.05) is 32.1 Å². The average molecular weight is 206 g/mol. The lowest BCUT2D eigenvalue weighted by Crippen LogP contribution is -1.75. The Balaban J connectivity index is 0. The van der Waals surface area contributed by atoms with E-state index in [0.717, 1.165) is 5.92 Å². The molecule has 86 valence electrons. The smallest absolute Gasteiger partial charge is 0.0233 e. The van der Waals surface area contributed by atoms with Crippen LogP contribution in [0.15, 0.2) is 30.8 Å². The van der Waals surface area contributed by atoms with Gasteiger partial charge >= 0.3 is 0 Å². The summed E-state index contributed by atoms with van der Waals surface area (Å²) < 4.78 is 0. The molecule has 0 spiro atoms. The maximum absolute atomic E-state index is 3.69. The van der Waals surface area contributed by atoms with Crippen molar-refractivity contribution in [1.82, 2.24) is 0 Å². The summed E-state index contributed by atoms with van der Waals surface area (Å²) in [5.74, 6) is 0.833. The highest BCUT2D eigenvalue weighted by Gasteiger charge is 1.86. The fourth-order valence-corrected chi connectivity index (χ4v) is 0.816. The topological polar surface area (TPSA) is 0 Å². The van der Waals surface area contributed by atoms with Crippen LogP contribution in [0.3, 0.4) is 0 Å². The van der Waals surface area contributed by atoms with E-state index in [0.29, 0.717) is 0 Å². The van der Waals surface area contributed by atoms with Crippen LogP contribution in [-0.4, -0.2) is 0 Å². The van der Waals surface area contributed by atoms with Crippen molar-refractivity contribution in [3.8, 4) is 0 Å². The Hall–Kier alpha value is -1.04. The van der Waals surface area contributed by atoms with E-state index in [1.165, 1.54) is 11.1 Å². The third kappa shape index (κ3) is 10.9. The van der Waals surface area contributed by atoms with E-state index in [9.17, 15) is 0 Å². The largest absolute Gasteiger partial charge is 0.0985 e. The molecule has 0 radical (unpaired) electrons. The minimum atomic E-state index is 0.833. The highest BCUT2D eigenvalue weighted by Crippen LogP contribution is 2.06. The second-order valence-electron chi connectivity index (χ2n) is 3.79. The van der Waals surface area contributed by atoms with Crippen LogP contribution >= 0.6 is 0 Å². The fourth-order valence-electron chi connectivity index (χ4n) is 0.816. The van der Waals surface area contributed by atoms with Gasteiger partial charge in [-0.3, -0.25) is 0 Å². The number of rotatable bonds is 1. The van der Waals surface area contributed by atoms with Crippen molar-refractivity contribution in [3.63, 3.8) is 0 Å². The van der Waals surface area contributed by atoms with Gasteiger partial charge in [0.25, 0.3) is 0 Å². The summed E-state index contributed by atoms with van der Waals surface area (Å²) >= 11 is 0. The van der Waals surface area contributed by atoms with Crippen molar-refractivity contribution in [1.29, 1.82) is 0 Å². The molecule has 0 aliphatic heterocycles. The SMILES string of the molecule is C=Cc1ccccc1C.CC.CC(C)C. The molecule has 0 nitrogen and oxygen atoms in total. The molecule has 1 aromatic carbocycles. The maximum Gasteiger partial charge on any atom is -0.0233 e. The molecule has 0 aliphatic rings. The van der Waals surface area contributed by atoms with Crippen LogP contribution in [0.1, 0.15) is 45.7 Å². The van der Waals surface area contributed by atoms with Gasteiger partial charge in [-0.25, -0.2) is 0 Å². The molecule has 0 heteroatoms. The summed E-state index contributed by atoms with van der Waals surface area (Å²) in [5.41, 5.74) is 2.50. The molecule has 0 unspecified atom stereocenters. The second kappa shape index (κ2) is 11.0. The minimum Gasteiger partial charge on any atom is -0.0985 e. The highest BCUT2D eigenvalue weighted by molar-refractivity contribution is 5.50. The Morgan fingerprint density at radius 2 is 1.47 bits per heavy atom. The summed E-state index contributed by atoms with van der Waals surface area (Å²) in [4.78, 5) is 0. The molecule has 0 amide bonds. The Labute approximate surface area is 96.0 Å². The molecule has 0 heterocycles. The summed E-state index contributed by atoms with van der Waals surface area (Å²) in [7, 11) is 0. The van der Waals surface area contributed by atoms with Gasteiger partial charge in [-0.05, 0) is 24.0 Å². The van der Waals surface area contributed by atoms with E-state index in [2.05, 4.69) is 46.4 Å². The van der Waals surface area contributed by atoms with Gasteiger partial charge in [0.1, 0.15) is 0 Å². The Morgan fingerprint density at radius 1 is 1.07 bits per heavy atom. The second-order valence-corrected chi connectivity index (χ2v) is 3.79. The van der Waals surface area contributed by atoms with Gasteiger partial charge in [0.05, 0.1) is 0 Å². The Morgan fingerprint density at radius 3 is 1.73 bits per heavy atom. The molecule has 1 rings (SSSR count). The average Bonchev–Trinajstić information content (AvgIpc) is 2.21. The van der Waals surface area contributed by atoms with Gasteiger partial charge in [-0.1, -0.05) is 71.5 Å². The normalized spacial score (nSPS) is 8.20. The predicted molar refractivity (Wildman–Crippen MR) is 73.1 cm³/mol. The molecule has 0 saturated carbocycles. The molecular formula is C15H26. The van der Waals surface area contributed by atoms with Gasteiger partial charge in [0.2, 0.25) is 0 Å². The molecule has 0 aliphatic carbocycles. The molecule has 0 atom stereocenters. The van der Waals surface area contributed by atoms with Gasteiger partial charge in [-0.15, -0.1) is 0 Å². The van der Waals surface area contributed by atoms with Crippen LogP contribution in [0, 0.1) is 12.8 Å². The van der Waals surface area contributed by atoms with Gasteiger partial charge in [0, 0.05) is 0 Å². The van der Waals surface area contributed by atoms with Crippen LogP contribution in [0.5, 0.6) is 0 Å². The minimum absolute atomic E-state index is 0.833. The first-order valence-electron chi connectivity index (χ1n) is 5.76. The van der Waals surface area contributed by atoms with Crippen molar-refractivity contribution in [3.05, 3.63) is 42.0 Å². The molecule has 0 fully saturated rings. The first-order chi connectivity index (χ1) is 7.07. The van der Waals surface area contributed by atoms with E-state index in [-0.39, 0.29) is 0 Å². The van der Waals surface area contributed by atoms with Crippen molar-refractivity contribution in [2.45, 2.75) is 41.5 Å². The molecule has 0 N–H and O–H groups in total. The number of hydrogen-bond donors (Lipinski definition) is 0. The quantitative estimate of drug-likeness (QED) is 0.583. The fraction of sp³-hybridized carbons (Fsp3) is 0.467.